The molecule has 5 nitrogen and oxygen atoms in total. The zero-order valence-corrected chi connectivity index (χ0v) is 15.4. The van der Waals surface area contributed by atoms with E-state index in [2.05, 4.69) is 0 Å². The first-order valence-electron chi connectivity index (χ1n) is 8.91. The van der Waals surface area contributed by atoms with E-state index >= 15 is 0 Å². The molecule has 0 saturated carbocycles. The van der Waals surface area contributed by atoms with Crippen molar-refractivity contribution in [3.05, 3.63) is 62.5 Å². The van der Waals surface area contributed by atoms with Gasteiger partial charge in [-0.2, -0.15) is 0 Å². The molecule has 2 aromatic heterocycles. The summed E-state index contributed by atoms with van der Waals surface area (Å²) >= 11 is 1.49. The lowest BCUT2D eigenvalue weighted by Gasteiger charge is -2.19. The van der Waals surface area contributed by atoms with E-state index < -0.39 is 11.9 Å². The van der Waals surface area contributed by atoms with E-state index in [1.165, 1.54) is 11.3 Å². The van der Waals surface area contributed by atoms with Crippen LogP contribution in [0.1, 0.15) is 47.5 Å². The number of carboxylic acid groups (broad SMARTS) is 1. The van der Waals surface area contributed by atoms with Crippen molar-refractivity contribution >= 4 is 27.5 Å². The smallest absolute Gasteiger partial charge is 0.311 e. The topological polar surface area (TPSA) is 72.2 Å². The molecule has 26 heavy (non-hydrogen) atoms. The summed E-state index contributed by atoms with van der Waals surface area (Å²) in [6.07, 6.45) is 2.92. The first kappa shape index (κ1) is 17.0. The van der Waals surface area contributed by atoms with E-state index in [0.717, 1.165) is 29.1 Å². The van der Waals surface area contributed by atoms with Gasteiger partial charge in [-0.3, -0.25) is 14.2 Å². The Morgan fingerprint density at radius 3 is 2.81 bits per heavy atom. The molecule has 0 fully saturated rings. The monoisotopic (exact) mass is 368 g/mol. The number of aromatic nitrogens is 2. The second-order valence-electron chi connectivity index (χ2n) is 6.66. The molecule has 3 aromatic rings. The van der Waals surface area contributed by atoms with Gasteiger partial charge in [0.2, 0.25) is 0 Å². The quantitative estimate of drug-likeness (QED) is 0.764. The fourth-order valence-corrected chi connectivity index (χ4v) is 5.09. The van der Waals surface area contributed by atoms with Crippen molar-refractivity contribution < 1.29 is 9.90 Å². The Kier molecular flexibility index (Phi) is 4.36. The highest BCUT2D eigenvalue weighted by Gasteiger charge is 2.32. The average Bonchev–Trinajstić information content (AvgIpc) is 3.03. The fraction of sp³-hybridized carbons (Fsp3) is 0.350. The second-order valence-corrected chi connectivity index (χ2v) is 7.74. The Hall–Kier alpha value is -2.47. The number of benzene rings is 1. The molecular formula is C20H20N2O3S. The number of thiophene rings is 1. The lowest BCUT2D eigenvalue weighted by molar-refractivity contribution is -0.139. The van der Waals surface area contributed by atoms with Crippen molar-refractivity contribution in [1.29, 1.82) is 0 Å². The fourth-order valence-electron chi connectivity index (χ4n) is 3.80. The standard InChI is InChI=1S/C20H20N2O3S/c1-2-15-21-18-17(16-13(20(24)25)9-6-10-14(16)26-18)19(23)22(15)11-12-7-4-3-5-8-12/h3-5,7-8,13H,2,6,9-11H2,1H3,(H,24,25). The summed E-state index contributed by atoms with van der Waals surface area (Å²) in [7, 11) is 0. The largest absolute Gasteiger partial charge is 0.481 e. The van der Waals surface area contributed by atoms with E-state index in [-0.39, 0.29) is 5.56 Å². The summed E-state index contributed by atoms with van der Waals surface area (Å²) in [6, 6.07) is 9.81. The van der Waals surface area contributed by atoms with E-state index in [4.69, 9.17) is 4.98 Å². The van der Waals surface area contributed by atoms with Crippen molar-refractivity contribution in [2.45, 2.75) is 45.1 Å². The number of carbonyl (C=O) groups is 1. The maximum absolute atomic E-state index is 13.4. The zero-order chi connectivity index (χ0) is 18.3. The third-order valence-corrected chi connectivity index (χ3v) is 6.21. The number of hydrogen-bond acceptors (Lipinski definition) is 4. The summed E-state index contributed by atoms with van der Waals surface area (Å²) in [5, 5.41) is 10.2. The van der Waals surface area contributed by atoms with E-state index in [1.54, 1.807) is 4.57 Å². The lowest BCUT2D eigenvalue weighted by Crippen LogP contribution is -2.27. The molecule has 0 radical (unpaired) electrons. The summed E-state index contributed by atoms with van der Waals surface area (Å²) in [6.45, 7) is 2.44. The molecule has 1 aliphatic carbocycles. The van der Waals surface area contributed by atoms with E-state index in [0.29, 0.717) is 35.2 Å². The van der Waals surface area contributed by atoms with Crippen LogP contribution in [0.5, 0.6) is 0 Å². The number of hydrogen-bond donors (Lipinski definition) is 1. The van der Waals surface area contributed by atoms with Crippen LogP contribution in [0.3, 0.4) is 0 Å². The van der Waals surface area contributed by atoms with Crippen molar-refractivity contribution in [1.82, 2.24) is 9.55 Å². The molecule has 6 heteroatoms. The Bertz CT molecular complexity index is 1040. The maximum atomic E-state index is 13.4. The van der Waals surface area contributed by atoms with Gasteiger partial charge in [-0.25, -0.2) is 4.98 Å². The number of rotatable bonds is 4. The Morgan fingerprint density at radius 1 is 1.35 bits per heavy atom. The molecule has 1 N–H and O–H groups in total. The molecule has 4 rings (SSSR count). The number of nitrogens with zero attached hydrogens (tertiary/aromatic N) is 2. The minimum absolute atomic E-state index is 0.110. The number of aliphatic carboxylic acids is 1. The van der Waals surface area contributed by atoms with Crippen LogP contribution in [0.2, 0.25) is 0 Å². The molecule has 0 saturated heterocycles. The minimum Gasteiger partial charge on any atom is -0.481 e. The normalized spacial score (nSPS) is 16.6. The minimum atomic E-state index is -0.848. The number of carboxylic acids is 1. The van der Waals surface area contributed by atoms with Crippen LogP contribution in [0.25, 0.3) is 10.2 Å². The molecular weight excluding hydrogens is 348 g/mol. The van der Waals surface area contributed by atoms with Crippen LogP contribution >= 0.6 is 11.3 Å². The molecule has 0 aliphatic heterocycles. The Balaban J connectivity index is 1.95. The van der Waals surface area contributed by atoms with Crippen molar-refractivity contribution in [2.24, 2.45) is 0 Å². The van der Waals surface area contributed by atoms with Gasteiger partial charge in [0.1, 0.15) is 10.7 Å². The average molecular weight is 368 g/mol. The number of aryl methyl sites for hydroxylation is 2. The van der Waals surface area contributed by atoms with Gasteiger partial charge < -0.3 is 5.11 Å². The van der Waals surface area contributed by atoms with Gasteiger partial charge in [0.15, 0.2) is 0 Å². The van der Waals surface area contributed by atoms with Gasteiger partial charge in [-0.15, -0.1) is 11.3 Å². The molecule has 0 spiro atoms. The van der Waals surface area contributed by atoms with Gasteiger partial charge in [0, 0.05) is 11.3 Å². The molecule has 1 unspecified atom stereocenters. The molecule has 2 heterocycles. The SMILES string of the molecule is CCc1nc2sc3c(c2c(=O)n1Cc1ccccc1)C(C(=O)O)CCC3. The van der Waals surface area contributed by atoms with E-state index in [9.17, 15) is 14.7 Å². The first-order chi connectivity index (χ1) is 12.6. The van der Waals surface area contributed by atoms with Gasteiger partial charge in [-0.05, 0) is 30.4 Å². The van der Waals surface area contributed by atoms with Crippen LogP contribution in [0.15, 0.2) is 35.1 Å². The van der Waals surface area contributed by atoms with Crippen LogP contribution in [0.4, 0.5) is 0 Å². The third kappa shape index (κ3) is 2.74. The molecule has 1 aromatic carbocycles. The zero-order valence-electron chi connectivity index (χ0n) is 14.6. The highest BCUT2D eigenvalue weighted by Crippen LogP contribution is 2.40. The van der Waals surface area contributed by atoms with Gasteiger partial charge >= 0.3 is 5.97 Å². The molecule has 0 amide bonds. The van der Waals surface area contributed by atoms with Crippen molar-refractivity contribution in [2.75, 3.05) is 0 Å². The van der Waals surface area contributed by atoms with Gasteiger partial charge in [0.25, 0.3) is 5.56 Å². The molecule has 134 valence electrons. The van der Waals surface area contributed by atoms with Gasteiger partial charge in [0.05, 0.1) is 17.8 Å². The second kappa shape index (κ2) is 6.68. The third-order valence-electron chi connectivity index (χ3n) is 5.05. The lowest BCUT2D eigenvalue weighted by atomic mass is 9.86. The highest BCUT2D eigenvalue weighted by atomic mass is 32.1. The van der Waals surface area contributed by atoms with Crippen molar-refractivity contribution in [3.63, 3.8) is 0 Å². The first-order valence-corrected chi connectivity index (χ1v) is 9.73. The summed E-state index contributed by atoms with van der Waals surface area (Å²) in [5.41, 5.74) is 1.64. The van der Waals surface area contributed by atoms with Crippen LogP contribution in [-0.2, 0) is 24.2 Å². The Morgan fingerprint density at radius 2 is 2.12 bits per heavy atom. The summed E-state index contributed by atoms with van der Waals surface area (Å²) < 4.78 is 1.71. The highest BCUT2D eigenvalue weighted by molar-refractivity contribution is 7.18. The molecule has 1 atom stereocenters. The van der Waals surface area contributed by atoms with Crippen LogP contribution < -0.4 is 5.56 Å². The maximum Gasteiger partial charge on any atom is 0.311 e. The molecule has 1 aliphatic rings. The van der Waals surface area contributed by atoms with Crippen LogP contribution in [0, 0.1) is 0 Å². The Labute approximate surface area is 154 Å². The van der Waals surface area contributed by atoms with Crippen LogP contribution in [-0.4, -0.2) is 20.6 Å². The predicted molar refractivity (Wildman–Crippen MR) is 102 cm³/mol. The summed E-state index contributed by atoms with van der Waals surface area (Å²) in [5.74, 6) is -0.698. The van der Waals surface area contributed by atoms with Gasteiger partial charge in [-0.1, -0.05) is 37.3 Å². The molecule has 0 bridgehead atoms. The van der Waals surface area contributed by atoms with Crippen molar-refractivity contribution in [3.8, 4) is 0 Å². The predicted octanol–water partition coefficient (Wildman–Crippen LogP) is 3.57. The number of fused-ring (bicyclic) bond motifs is 3. The summed E-state index contributed by atoms with van der Waals surface area (Å²) in [4.78, 5) is 31.5. The van der Waals surface area contributed by atoms with E-state index in [1.807, 2.05) is 37.3 Å².